The number of carbonyl (C=O) groups excluding carboxylic acids is 1. The second-order valence-electron chi connectivity index (χ2n) is 6.64. The van der Waals surface area contributed by atoms with Gasteiger partial charge in [0.1, 0.15) is 6.54 Å². The van der Waals surface area contributed by atoms with Crippen molar-refractivity contribution < 1.29 is 13.2 Å². The van der Waals surface area contributed by atoms with Gasteiger partial charge in [0.05, 0.1) is 18.0 Å². The van der Waals surface area contributed by atoms with Gasteiger partial charge in [-0.15, -0.1) is 0 Å². The Bertz CT molecular complexity index is 929. The van der Waals surface area contributed by atoms with Gasteiger partial charge in [-0.25, -0.2) is 8.42 Å². The van der Waals surface area contributed by atoms with Crippen molar-refractivity contribution >= 4 is 33.2 Å². The average Bonchev–Trinajstić information content (AvgIpc) is 2.57. The Labute approximate surface area is 166 Å². The molecule has 7 heteroatoms. The third-order valence-corrected chi connectivity index (χ3v) is 5.70. The van der Waals surface area contributed by atoms with Gasteiger partial charge in [-0.2, -0.15) is 0 Å². The zero-order valence-electron chi connectivity index (χ0n) is 16.0. The minimum absolute atomic E-state index is 0.182. The largest absolute Gasteiger partial charge is 0.348 e. The predicted molar refractivity (Wildman–Crippen MR) is 111 cm³/mol. The molecule has 0 radical (unpaired) electrons. The van der Waals surface area contributed by atoms with Crippen LogP contribution in [0.15, 0.2) is 42.5 Å². The van der Waals surface area contributed by atoms with Gasteiger partial charge >= 0.3 is 0 Å². The van der Waals surface area contributed by atoms with Crippen molar-refractivity contribution in [2.24, 2.45) is 0 Å². The van der Waals surface area contributed by atoms with Crippen LogP contribution < -0.4 is 9.62 Å². The van der Waals surface area contributed by atoms with Crippen LogP contribution in [0.3, 0.4) is 0 Å². The highest BCUT2D eigenvalue weighted by molar-refractivity contribution is 7.92. The van der Waals surface area contributed by atoms with Crippen molar-refractivity contribution in [2.45, 2.75) is 33.2 Å². The van der Waals surface area contributed by atoms with E-state index >= 15 is 0 Å². The summed E-state index contributed by atoms with van der Waals surface area (Å²) in [6, 6.07) is 12.3. The Morgan fingerprint density at radius 1 is 1.19 bits per heavy atom. The number of carbonyl (C=O) groups is 1. The number of anilines is 1. The molecule has 0 aliphatic rings. The van der Waals surface area contributed by atoms with Crippen molar-refractivity contribution in [3.63, 3.8) is 0 Å². The number of hydrogen-bond donors (Lipinski definition) is 1. The van der Waals surface area contributed by atoms with Gasteiger partial charge in [0.15, 0.2) is 0 Å². The molecule has 0 bridgehead atoms. The van der Waals surface area contributed by atoms with Crippen LogP contribution in [0.1, 0.15) is 36.1 Å². The highest BCUT2D eigenvalue weighted by Crippen LogP contribution is 2.23. The minimum atomic E-state index is -3.64. The fourth-order valence-corrected chi connectivity index (χ4v) is 4.05. The molecule has 146 valence electrons. The molecular formula is C20H25ClN2O3S. The van der Waals surface area contributed by atoms with Crippen molar-refractivity contribution in [1.82, 2.24) is 5.32 Å². The maximum Gasteiger partial charge on any atom is 0.241 e. The van der Waals surface area contributed by atoms with Gasteiger partial charge in [0.25, 0.3) is 0 Å². The van der Waals surface area contributed by atoms with Gasteiger partial charge in [-0.05, 0) is 49.6 Å². The highest BCUT2D eigenvalue weighted by Gasteiger charge is 2.23. The lowest BCUT2D eigenvalue weighted by atomic mass is 9.97. The van der Waals surface area contributed by atoms with Crippen LogP contribution in [-0.2, 0) is 14.8 Å². The molecule has 1 atom stereocenters. The van der Waals surface area contributed by atoms with Gasteiger partial charge in [-0.1, -0.05) is 48.4 Å². The minimum Gasteiger partial charge on any atom is -0.348 e. The molecule has 0 aliphatic heterocycles. The summed E-state index contributed by atoms with van der Waals surface area (Å²) in [7, 11) is -3.64. The zero-order valence-corrected chi connectivity index (χ0v) is 17.6. The van der Waals surface area contributed by atoms with Gasteiger partial charge < -0.3 is 5.32 Å². The first-order valence-corrected chi connectivity index (χ1v) is 10.9. The maximum atomic E-state index is 12.6. The molecule has 2 rings (SSSR count). The molecule has 0 aliphatic carbocycles. The predicted octanol–water partition coefficient (Wildman–Crippen LogP) is 3.99. The van der Waals surface area contributed by atoms with Gasteiger partial charge in [0.2, 0.25) is 15.9 Å². The normalized spacial score (nSPS) is 12.5. The summed E-state index contributed by atoms with van der Waals surface area (Å²) < 4.78 is 25.5. The molecule has 5 nitrogen and oxygen atoms in total. The Morgan fingerprint density at radius 2 is 1.89 bits per heavy atom. The Kier molecular flexibility index (Phi) is 6.89. The lowest BCUT2D eigenvalue weighted by Crippen LogP contribution is -2.41. The lowest BCUT2D eigenvalue weighted by Gasteiger charge is -2.25. The molecule has 2 aromatic carbocycles. The van der Waals surface area contributed by atoms with Crippen molar-refractivity contribution in [2.75, 3.05) is 17.1 Å². The fourth-order valence-electron chi connectivity index (χ4n) is 3.02. The number of nitrogens with one attached hydrogen (secondary N) is 1. The van der Waals surface area contributed by atoms with Crippen molar-refractivity contribution in [3.05, 3.63) is 64.2 Å². The van der Waals surface area contributed by atoms with Crippen LogP contribution in [0, 0.1) is 13.8 Å². The third-order valence-electron chi connectivity index (χ3n) is 4.33. The molecule has 2 aromatic rings. The molecule has 1 amide bonds. The van der Waals surface area contributed by atoms with Gasteiger partial charge in [0, 0.05) is 5.02 Å². The number of amides is 1. The molecule has 0 saturated carbocycles. The molecular weight excluding hydrogens is 384 g/mol. The second-order valence-corrected chi connectivity index (χ2v) is 8.98. The molecule has 0 fully saturated rings. The number of halogens is 1. The Hall–Kier alpha value is -2.05. The van der Waals surface area contributed by atoms with Crippen LogP contribution in [0.4, 0.5) is 5.69 Å². The smallest absolute Gasteiger partial charge is 0.241 e. The third kappa shape index (κ3) is 5.71. The van der Waals surface area contributed by atoms with E-state index < -0.39 is 10.0 Å². The van der Waals surface area contributed by atoms with Crippen LogP contribution in [0.5, 0.6) is 0 Å². The standard InChI is InChI=1S/C20H25ClN2O3S/c1-5-19(18-10-9-14(2)11-15(18)3)22-20(24)13-23(27(4,25)26)17-8-6-7-16(21)12-17/h6-12,19H,5,13H2,1-4H3,(H,22,24)/t19-/m1/s1. The molecule has 27 heavy (non-hydrogen) atoms. The van der Waals surface area contributed by atoms with Crippen LogP contribution in [0.2, 0.25) is 5.02 Å². The number of hydrogen-bond acceptors (Lipinski definition) is 3. The summed E-state index contributed by atoms with van der Waals surface area (Å²) >= 11 is 5.97. The zero-order chi connectivity index (χ0) is 20.2. The van der Waals surface area contributed by atoms with Crippen molar-refractivity contribution in [1.29, 1.82) is 0 Å². The first kappa shape index (κ1) is 21.3. The number of sulfonamides is 1. The number of benzene rings is 2. The van der Waals surface area contributed by atoms with Crippen LogP contribution in [-0.4, -0.2) is 27.1 Å². The number of aryl methyl sites for hydroxylation is 2. The average molecular weight is 409 g/mol. The molecule has 0 spiro atoms. The summed E-state index contributed by atoms with van der Waals surface area (Å²) in [5.41, 5.74) is 3.64. The van der Waals surface area contributed by atoms with E-state index in [0.29, 0.717) is 17.1 Å². The number of nitrogens with zero attached hydrogens (tertiary/aromatic N) is 1. The molecule has 1 N–H and O–H groups in total. The quantitative estimate of drug-likeness (QED) is 0.753. The van der Waals surface area contributed by atoms with Crippen LogP contribution >= 0.6 is 11.6 Å². The van der Waals surface area contributed by atoms with Crippen LogP contribution in [0.25, 0.3) is 0 Å². The fraction of sp³-hybridized carbons (Fsp3) is 0.350. The lowest BCUT2D eigenvalue weighted by molar-refractivity contribution is -0.120. The summed E-state index contributed by atoms with van der Waals surface area (Å²) in [6.45, 7) is 5.70. The summed E-state index contributed by atoms with van der Waals surface area (Å²) in [5, 5.41) is 3.36. The first-order valence-electron chi connectivity index (χ1n) is 8.71. The monoisotopic (exact) mass is 408 g/mol. The Morgan fingerprint density at radius 3 is 2.44 bits per heavy atom. The summed E-state index contributed by atoms with van der Waals surface area (Å²) in [4.78, 5) is 12.6. The summed E-state index contributed by atoms with van der Waals surface area (Å²) in [6.07, 6.45) is 1.77. The van der Waals surface area contributed by atoms with E-state index in [4.69, 9.17) is 11.6 Å². The van der Waals surface area contributed by atoms with E-state index in [0.717, 1.165) is 27.3 Å². The van der Waals surface area contributed by atoms with E-state index in [1.54, 1.807) is 18.2 Å². The maximum absolute atomic E-state index is 12.6. The Balaban J connectivity index is 2.22. The molecule has 0 aromatic heterocycles. The molecule has 0 saturated heterocycles. The van der Waals surface area contributed by atoms with E-state index in [9.17, 15) is 13.2 Å². The highest BCUT2D eigenvalue weighted by atomic mass is 35.5. The number of rotatable bonds is 7. The summed E-state index contributed by atoms with van der Waals surface area (Å²) in [5.74, 6) is -0.368. The molecule has 0 heterocycles. The topological polar surface area (TPSA) is 66.5 Å². The second kappa shape index (κ2) is 8.76. The van der Waals surface area contributed by atoms with E-state index in [1.807, 2.05) is 32.9 Å². The van der Waals surface area contributed by atoms with Crippen molar-refractivity contribution in [3.8, 4) is 0 Å². The van der Waals surface area contributed by atoms with E-state index in [1.165, 1.54) is 6.07 Å². The van der Waals surface area contributed by atoms with Gasteiger partial charge in [-0.3, -0.25) is 9.10 Å². The first-order chi connectivity index (χ1) is 12.6. The van der Waals surface area contributed by atoms with E-state index in [-0.39, 0.29) is 18.5 Å². The molecule has 0 unspecified atom stereocenters. The van der Waals surface area contributed by atoms with E-state index in [2.05, 4.69) is 11.4 Å². The SMILES string of the molecule is CC[C@@H](NC(=O)CN(c1cccc(Cl)c1)S(C)(=O)=O)c1ccc(C)cc1C.